The van der Waals surface area contributed by atoms with E-state index in [0.29, 0.717) is 19.4 Å². The summed E-state index contributed by atoms with van der Waals surface area (Å²) in [7, 11) is 0. The maximum absolute atomic E-state index is 11.3. The number of unbranched alkanes of at least 4 members (excludes halogenated alkanes) is 1. The van der Waals surface area contributed by atoms with Gasteiger partial charge in [-0.05, 0) is 33.6 Å². The Kier molecular flexibility index (Phi) is 7.39. The average molecular weight is 259 g/mol. The number of hydrogen-bond donors (Lipinski definition) is 2. The highest BCUT2D eigenvalue weighted by Gasteiger charge is 2.18. The van der Waals surface area contributed by atoms with Crippen molar-refractivity contribution in [2.24, 2.45) is 5.92 Å². The SMILES string of the molecule is CCCCC(CCNC(=O)OC(C)(C)C)C(=O)O. The van der Waals surface area contributed by atoms with Crippen LogP contribution >= 0.6 is 0 Å². The van der Waals surface area contributed by atoms with Crippen LogP contribution in [0.3, 0.4) is 0 Å². The van der Waals surface area contributed by atoms with Crippen molar-refractivity contribution < 1.29 is 19.4 Å². The average Bonchev–Trinajstić information content (AvgIpc) is 2.19. The topological polar surface area (TPSA) is 75.6 Å². The maximum atomic E-state index is 11.3. The molecule has 0 aromatic heterocycles. The fourth-order valence-corrected chi connectivity index (χ4v) is 1.50. The number of ether oxygens (including phenoxy) is 1. The second kappa shape index (κ2) is 7.95. The van der Waals surface area contributed by atoms with Crippen molar-refractivity contribution in [2.45, 2.75) is 59.0 Å². The molecule has 0 rings (SSSR count). The largest absolute Gasteiger partial charge is 0.481 e. The van der Waals surface area contributed by atoms with E-state index in [1.165, 1.54) is 0 Å². The highest BCUT2D eigenvalue weighted by Crippen LogP contribution is 2.12. The van der Waals surface area contributed by atoms with Gasteiger partial charge in [-0.1, -0.05) is 19.8 Å². The normalized spacial score (nSPS) is 12.9. The molecule has 5 nitrogen and oxygen atoms in total. The van der Waals surface area contributed by atoms with Crippen LogP contribution in [0.25, 0.3) is 0 Å². The highest BCUT2D eigenvalue weighted by atomic mass is 16.6. The molecule has 0 aliphatic carbocycles. The van der Waals surface area contributed by atoms with E-state index in [1.807, 2.05) is 6.92 Å². The Morgan fingerprint density at radius 2 is 1.89 bits per heavy atom. The monoisotopic (exact) mass is 259 g/mol. The number of amides is 1. The van der Waals surface area contributed by atoms with Crippen LogP contribution in [0.1, 0.15) is 53.4 Å². The molecule has 1 unspecified atom stereocenters. The van der Waals surface area contributed by atoms with Crippen LogP contribution in [0.4, 0.5) is 4.79 Å². The van der Waals surface area contributed by atoms with E-state index < -0.39 is 17.7 Å². The van der Waals surface area contributed by atoms with Gasteiger partial charge >= 0.3 is 12.1 Å². The van der Waals surface area contributed by atoms with Gasteiger partial charge in [0.15, 0.2) is 0 Å². The predicted octanol–water partition coefficient (Wildman–Crippen LogP) is 2.79. The number of carbonyl (C=O) groups excluding carboxylic acids is 1. The fourth-order valence-electron chi connectivity index (χ4n) is 1.50. The first-order valence-electron chi connectivity index (χ1n) is 6.46. The van der Waals surface area contributed by atoms with Crippen molar-refractivity contribution in [1.29, 1.82) is 0 Å². The third-order valence-corrected chi connectivity index (χ3v) is 2.42. The van der Waals surface area contributed by atoms with E-state index in [-0.39, 0.29) is 5.92 Å². The molecule has 0 spiro atoms. The molecule has 0 radical (unpaired) electrons. The van der Waals surface area contributed by atoms with Gasteiger partial charge in [-0.15, -0.1) is 0 Å². The molecular formula is C13H25NO4. The van der Waals surface area contributed by atoms with E-state index in [1.54, 1.807) is 20.8 Å². The molecule has 0 heterocycles. The van der Waals surface area contributed by atoms with Gasteiger partial charge in [0.05, 0.1) is 5.92 Å². The van der Waals surface area contributed by atoms with Crippen LogP contribution < -0.4 is 5.32 Å². The molecule has 0 saturated carbocycles. The minimum Gasteiger partial charge on any atom is -0.481 e. The minimum atomic E-state index is -0.797. The summed E-state index contributed by atoms with van der Waals surface area (Å²) in [5.41, 5.74) is -0.529. The zero-order chi connectivity index (χ0) is 14.2. The predicted molar refractivity (Wildman–Crippen MR) is 69.5 cm³/mol. The van der Waals surface area contributed by atoms with Gasteiger partial charge in [0.2, 0.25) is 0 Å². The lowest BCUT2D eigenvalue weighted by atomic mass is 9.99. The summed E-state index contributed by atoms with van der Waals surface area (Å²) >= 11 is 0. The summed E-state index contributed by atoms with van der Waals surface area (Å²) in [6, 6.07) is 0. The molecule has 2 N–H and O–H groups in total. The van der Waals surface area contributed by atoms with E-state index in [4.69, 9.17) is 9.84 Å². The molecular weight excluding hydrogens is 234 g/mol. The Bertz CT molecular complexity index is 271. The van der Waals surface area contributed by atoms with Crippen molar-refractivity contribution in [3.63, 3.8) is 0 Å². The number of carbonyl (C=O) groups is 2. The van der Waals surface area contributed by atoms with E-state index in [0.717, 1.165) is 12.8 Å². The van der Waals surface area contributed by atoms with Crippen molar-refractivity contribution in [3.8, 4) is 0 Å². The van der Waals surface area contributed by atoms with Gasteiger partial charge in [0.25, 0.3) is 0 Å². The van der Waals surface area contributed by atoms with Gasteiger partial charge in [0.1, 0.15) is 5.60 Å². The van der Waals surface area contributed by atoms with Gasteiger partial charge in [-0.2, -0.15) is 0 Å². The summed E-state index contributed by atoms with van der Waals surface area (Å²) < 4.78 is 5.06. The smallest absolute Gasteiger partial charge is 0.407 e. The molecule has 5 heteroatoms. The first kappa shape index (κ1) is 16.7. The minimum absolute atomic E-state index is 0.329. The summed E-state index contributed by atoms with van der Waals surface area (Å²) in [5, 5.41) is 11.6. The van der Waals surface area contributed by atoms with Crippen LogP contribution in [0.2, 0.25) is 0 Å². The number of alkyl carbamates (subject to hydrolysis) is 1. The summed E-state index contributed by atoms with van der Waals surface area (Å²) in [6.45, 7) is 7.71. The first-order chi connectivity index (χ1) is 8.26. The summed E-state index contributed by atoms with van der Waals surface area (Å²) in [5.74, 6) is -1.19. The molecule has 0 aliphatic rings. The van der Waals surface area contributed by atoms with Crippen LogP contribution in [0.15, 0.2) is 0 Å². The van der Waals surface area contributed by atoms with Gasteiger partial charge in [0, 0.05) is 6.54 Å². The lowest BCUT2D eigenvalue weighted by Crippen LogP contribution is -2.34. The Morgan fingerprint density at radius 3 is 2.33 bits per heavy atom. The third kappa shape index (κ3) is 8.84. The Balaban J connectivity index is 3.92. The Morgan fingerprint density at radius 1 is 1.28 bits per heavy atom. The number of hydrogen-bond acceptors (Lipinski definition) is 3. The van der Waals surface area contributed by atoms with Crippen molar-refractivity contribution >= 4 is 12.1 Å². The number of nitrogens with one attached hydrogen (secondary N) is 1. The Hall–Kier alpha value is -1.26. The molecule has 1 atom stereocenters. The van der Waals surface area contributed by atoms with Gasteiger partial charge < -0.3 is 15.2 Å². The van der Waals surface area contributed by atoms with Crippen molar-refractivity contribution in [3.05, 3.63) is 0 Å². The van der Waals surface area contributed by atoms with Crippen LogP contribution in [0, 0.1) is 5.92 Å². The maximum Gasteiger partial charge on any atom is 0.407 e. The lowest BCUT2D eigenvalue weighted by Gasteiger charge is -2.20. The zero-order valence-electron chi connectivity index (χ0n) is 11.8. The molecule has 0 aromatic carbocycles. The third-order valence-electron chi connectivity index (χ3n) is 2.42. The standard InChI is InChI=1S/C13H25NO4/c1-5-6-7-10(11(15)16)8-9-14-12(17)18-13(2,3)4/h10H,5-9H2,1-4H3,(H,14,17)(H,15,16). The number of carboxylic acids is 1. The molecule has 0 bridgehead atoms. The number of rotatable bonds is 7. The highest BCUT2D eigenvalue weighted by molar-refractivity contribution is 5.70. The second-order valence-electron chi connectivity index (χ2n) is 5.39. The molecule has 106 valence electrons. The van der Waals surface area contributed by atoms with Crippen molar-refractivity contribution in [2.75, 3.05) is 6.54 Å². The molecule has 0 saturated heterocycles. The molecule has 0 aliphatic heterocycles. The van der Waals surface area contributed by atoms with Crippen LogP contribution in [0.5, 0.6) is 0 Å². The van der Waals surface area contributed by atoms with E-state index in [2.05, 4.69) is 5.32 Å². The fraction of sp³-hybridized carbons (Fsp3) is 0.846. The van der Waals surface area contributed by atoms with E-state index in [9.17, 15) is 9.59 Å². The molecule has 0 aromatic rings. The number of carboxylic acid groups (broad SMARTS) is 1. The van der Waals surface area contributed by atoms with Crippen LogP contribution in [-0.4, -0.2) is 29.3 Å². The summed E-state index contributed by atoms with van der Waals surface area (Å²) in [6.07, 6.45) is 2.46. The zero-order valence-corrected chi connectivity index (χ0v) is 11.8. The quantitative estimate of drug-likeness (QED) is 0.737. The second-order valence-corrected chi connectivity index (χ2v) is 5.39. The Labute approximate surface area is 109 Å². The first-order valence-corrected chi connectivity index (χ1v) is 6.46. The molecule has 1 amide bonds. The van der Waals surface area contributed by atoms with Crippen molar-refractivity contribution in [1.82, 2.24) is 5.32 Å². The number of aliphatic carboxylic acids is 1. The molecule has 18 heavy (non-hydrogen) atoms. The van der Waals surface area contributed by atoms with Gasteiger partial charge in [-0.25, -0.2) is 4.79 Å². The van der Waals surface area contributed by atoms with Crippen LogP contribution in [-0.2, 0) is 9.53 Å². The molecule has 0 fully saturated rings. The summed E-state index contributed by atoms with van der Waals surface area (Å²) in [4.78, 5) is 22.3. The van der Waals surface area contributed by atoms with Gasteiger partial charge in [-0.3, -0.25) is 4.79 Å². The van der Waals surface area contributed by atoms with E-state index >= 15 is 0 Å². The lowest BCUT2D eigenvalue weighted by molar-refractivity contribution is -0.142.